The topological polar surface area (TPSA) is 9.23 Å². The zero-order valence-electron chi connectivity index (χ0n) is 23.1. The average Bonchev–Trinajstić information content (AvgIpc) is 2.93. The molecule has 0 aromatic heterocycles. The van der Waals surface area contributed by atoms with Gasteiger partial charge in [-0.2, -0.15) is 0 Å². The van der Waals surface area contributed by atoms with Gasteiger partial charge in [0.15, 0.2) is 9.98 Å². The summed E-state index contributed by atoms with van der Waals surface area (Å²) in [5.41, 5.74) is 4.90. The molecule has 200 valence electrons. The van der Waals surface area contributed by atoms with Gasteiger partial charge in [0.05, 0.1) is 0 Å². The van der Waals surface area contributed by atoms with Crippen molar-refractivity contribution in [3.05, 3.63) is 89.5 Å². The third kappa shape index (κ3) is 10.4. The van der Waals surface area contributed by atoms with Gasteiger partial charge in [-0.15, -0.1) is 11.8 Å². The molecule has 0 heterocycles. The van der Waals surface area contributed by atoms with Gasteiger partial charge in [-0.25, -0.2) is 0 Å². The molecular weight excluding hydrogens is 489 g/mol. The molecule has 1 unspecified atom stereocenters. The molecule has 1 nitrogen and oxygen atoms in total. The van der Waals surface area contributed by atoms with E-state index in [0.29, 0.717) is 5.05 Å². The first-order chi connectivity index (χ1) is 18.2. The van der Waals surface area contributed by atoms with Crippen LogP contribution >= 0.6 is 24.0 Å². The van der Waals surface area contributed by atoms with Gasteiger partial charge in [0.2, 0.25) is 0 Å². The zero-order valence-corrected chi connectivity index (χ0v) is 24.7. The second-order valence-electron chi connectivity index (χ2n) is 10.2. The van der Waals surface area contributed by atoms with Crippen LogP contribution in [0.2, 0.25) is 0 Å². The van der Waals surface area contributed by atoms with Gasteiger partial charge in [-0.05, 0) is 60.0 Å². The van der Waals surface area contributed by atoms with Crippen LogP contribution in [0, 0.1) is 0 Å². The van der Waals surface area contributed by atoms with Crippen molar-refractivity contribution in [2.24, 2.45) is 0 Å². The van der Waals surface area contributed by atoms with Crippen LogP contribution in [0.15, 0.2) is 72.8 Å². The van der Waals surface area contributed by atoms with Gasteiger partial charge in [-0.3, -0.25) is 0 Å². The van der Waals surface area contributed by atoms with Crippen LogP contribution < -0.4 is 0 Å². The van der Waals surface area contributed by atoms with E-state index in [0.717, 1.165) is 24.2 Å². The Morgan fingerprint density at radius 2 is 1.46 bits per heavy atom. The fraction of sp³-hybridized carbons (Fsp3) is 0.500. The third-order valence-corrected chi connectivity index (χ3v) is 8.79. The molecule has 0 bridgehead atoms. The number of rotatable bonds is 17. The number of benzene rings is 2. The van der Waals surface area contributed by atoms with Crippen molar-refractivity contribution < 1.29 is 4.74 Å². The maximum atomic E-state index is 6.62. The van der Waals surface area contributed by atoms with Crippen LogP contribution in [0.3, 0.4) is 0 Å². The second-order valence-corrected chi connectivity index (χ2v) is 12.0. The number of ether oxygens (including phenoxy) is 1. The largest absolute Gasteiger partial charge is 0.461 e. The number of allylic oxidation sites excluding steroid dienone is 2. The summed E-state index contributed by atoms with van der Waals surface area (Å²) in [6, 6.07) is 19.3. The van der Waals surface area contributed by atoms with Gasteiger partial charge >= 0.3 is 0 Å². The van der Waals surface area contributed by atoms with Crippen molar-refractivity contribution in [3.8, 4) is 0 Å². The van der Waals surface area contributed by atoms with E-state index in [2.05, 4.69) is 86.7 Å². The van der Waals surface area contributed by atoms with Crippen LogP contribution in [0.25, 0.3) is 5.57 Å². The summed E-state index contributed by atoms with van der Waals surface area (Å²) < 4.78 is 6.62. The molecule has 2 aromatic carbocycles. The molecule has 0 amide bonds. The minimum atomic E-state index is -0.434. The van der Waals surface area contributed by atoms with E-state index in [9.17, 15) is 0 Å². The molecule has 1 aliphatic rings. The lowest BCUT2D eigenvalue weighted by Gasteiger charge is -2.33. The van der Waals surface area contributed by atoms with Crippen LogP contribution in [0.4, 0.5) is 0 Å². The fourth-order valence-electron chi connectivity index (χ4n) is 4.75. The highest BCUT2D eigenvalue weighted by Crippen LogP contribution is 2.39. The third-order valence-electron chi connectivity index (χ3n) is 7.10. The lowest BCUT2D eigenvalue weighted by molar-refractivity contribution is 0.211. The normalized spacial score (nSPS) is 17.0. The van der Waals surface area contributed by atoms with Crippen molar-refractivity contribution in [1.29, 1.82) is 0 Å². The lowest BCUT2D eigenvalue weighted by atomic mass is 9.98. The van der Waals surface area contributed by atoms with Gasteiger partial charge in [-0.1, -0.05) is 138 Å². The number of hydrogen-bond donors (Lipinski definition) is 0. The Labute approximate surface area is 236 Å². The molecule has 2 aromatic rings. The van der Waals surface area contributed by atoms with E-state index in [1.807, 2.05) is 11.8 Å². The molecule has 37 heavy (non-hydrogen) atoms. The Kier molecular flexibility index (Phi) is 13.6. The molecule has 0 N–H and O–H groups in total. The number of aryl methyl sites for hydroxylation is 1. The maximum absolute atomic E-state index is 6.62. The van der Waals surface area contributed by atoms with Crippen molar-refractivity contribution in [1.82, 2.24) is 0 Å². The molecule has 0 saturated carbocycles. The van der Waals surface area contributed by atoms with E-state index in [4.69, 9.17) is 17.0 Å². The summed E-state index contributed by atoms with van der Waals surface area (Å²) in [4.78, 5) is -0.434. The molecule has 0 spiro atoms. The molecule has 3 rings (SSSR count). The predicted octanol–water partition coefficient (Wildman–Crippen LogP) is 10.7. The highest BCUT2D eigenvalue weighted by molar-refractivity contribution is 8.00. The highest BCUT2D eigenvalue weighted by atomic mass is 32.2. The number of unbranched alkanes of at least 4 members (excludes halogenated alkanes) is 9. The Hall–Kier alpha value is -1.84. The standard InChI is InChI=1S/C34H46OS2/c1-3-5-7-8-9-10-11-16-28-37-34(26-24-31(25-27-34)30-18-14-12-15-19-30)35-33(36)32-22-20-29(21-23-32)17-13-6-4-2/h12,14-15,18-26H,3-11,13,16-17,27-28H2,1-2H3. The summed E-state index contributed by atoms with van der Waals surface area (Å²) in [5.74, 6) is 1.09. The van der Waals surface area contributed by atoms with Gasteiger partial charge in [0.1, 0.15) is 0 Å². The summed E-state index contributed by atoms with van der Waals surface area (Å²) >= 11 is 7.74. The van der Waals surface area contributed by atoms with E-state index >= 15 is 0 Å². The van der Waals surface area contributed by atoms with Crippen molar-refractivity contribution in [2.45, 2.75) is 102 Å². The molecule has 1 atom stereocenters. The Bertz CT molecular complexity index is 977. The first kappa shape index (κ1) is 29.7. The van der Waals surface area contributed by atoms with Crippen molar-refractivity contribution >= 4 is 34.6 Å². The van der Waals surface area contributed by atoms with Gasteiger partial charge in [0, 0.05) is 12.0 Å². The van der Waals surface area contributed by atoms with E-state index in [1.54, 1.807) is 0 Å². The minimum absolute atomic E-state index is 0.434. The van der Waals surface area contributed by atoms with Crippen molar-refractivity contribution in [2.75, 3.05) is 5.75 Å². The van der Waals surface area contributed by atoms with Crippen LogP contribution in [0.5, 0.6) is 0 Å². The number of hydrogen-bond acceptors (Lipinski definition) is 3. The molecule has 3 heteroatoms. The summed E-state index contributed by atoms with van der Waals surface area (Å²) in [5, 5.41) is 0.602. The first-order valence-electron chi connectivity index (χ1n) is 14.6. The predicted molar refractivity (Wildman–Crippen MR) is 168 cm³/mol. The molecular formula is C34H46OS2. The van der Waals surface area contributed by atoms with Gasteiger partial charge in [0.25, 0.3) is 0 Å². The molecule has 0 radical (unpaired) electrons. The number of thioether (sulfide) groups is 1. The lowest BCUT2D eigenvalue weighted by Crippen LogP contribution is -2.30. The average molecular weight is 535 g/mol. The summed E-state index contributed by atoms with van der Waals surface area (Å²) in [6.45, 7) is 4.53. The van der Waals surface area contributed by atoms with Crippen LogP contribution in [-0.2, 0) is 11.2 Å². The van der Waals surface area contributed by atoms with E-state index in [1.165, 1.54) is 87.3 Å². The molecule has 0 saturated heterocycles. The quantitative estimate of drug-likeness (QED) is 0.113. The SMILES string of the molecule is CCCCCCCCCCSC1(OC(=S)c2ccc(CCCCC)cc2)C=CC(c2ccccc2)=CC1. The molecule has 0 fully saturated rings. The Morgan fingerprint density at radius 1 is 0.811 bits per heavy atom. The minimum Gasteiger partial charge on any atom is -0.461 e. The summed E-state index contributed by atoms with van der Waals surface area (Å²) in [6.07, 6.45) is 23.2. The highest BCUT2D eigenvalue weighted by Gasteiger charge is 2.32. The Morgan fingerprint density at radius 3 is 2.11 bits per heavy atom. The monoisotopic (exact) mass is 534 g/mol. The second kappa shape index (κ2) is 16.9. The summed E-state index contributed by atoms with van der Waals surface area (Å²) in [7, 11) is 0. The van der Waals surface area contributed by atoms with Crippen LogP contribution in [-0.4, -0.2) is 15.7 Å². The smallest absolute Gasteiger partial charge is 0.193 e. The fourth-order valence-corrected chi connectivity index (χ4v) is 6.28. The first-order valence-corrected chi connectivity index (χ1v) is 16.0. The van der Waals surface area contributed by atoms with E-state index < -0.39 is 4.93 Å². The van der Waals surface area contributed by atoms with Crippen molar-refractivity contribution in [3.63, 3.8) is 0 Å². The van der Waals surface area contributed by atoms with Crippen LogP contribution in [0.1, 0.15) is 108 Å². The zero-order chi connectivity index (χ0) is 26.2. The Balaban J connectivity index is 1.58. The van der Waals surface area contributed by atoms with Gasteiger partial charge < -0.3 is 4.74 Å². The molecule has 0 aliphatic heterocycles. The van der Waals surface area contributed by atoms with E-state index in [-0.39, 0.29) is 0 Å². The maximum Gasteiger partial charge on any atom is 0.193 e. The molecule has 1 aliphatic carbocycles. The number of thiocarbonyl (C=S) groups is 1.